The van der Waals surface area contributed by atoms with Crippen LogP contribution in [-0.4, -0.2) is 16.0 Å². The molecule has 5 heteroatoms. The van der Waals surface area contributed by atoms with Crippen LogP contribution in [0.1, 0.15) is 32.5 Å². The van der Waals surface area contributed by atoms with E-state index in [1.807, 2.05) is 13.0 Å². The Morgan fingerprint density at radius 3 is 2.40 bits per heavy atom. The molecule has 1 rings (SSSR count). The van der Waals surface area contributed by atoms with Crippen molar-refractivity contribution < 1.29 is 0 Å². The van der Waals surface area contributed by atoms with E-state index in [-0.39, 0.29) is 0 Å². The van der Waals surface area contributed by atoms with Crippen LogP contribution in [0.2, 0.25) is 0 Å². The molecule has 1 aromatic heterocycles. The number of hydrazine groups is 1. The second-order valence-electron chi connectivity index (χ2n) is 3.49. The molecule has 0 saturated carbocycles. The fraction of sp³-hybridized carbons (Fsp3) is 0.600. The summed E-state index contributed by atoms with van der Waals surface area (Å²) < 4.78 is 0. The topological polar surface area (TPSA) is 75.9 Å². The second kappa shape index (κ2) is 5.50. The normalized spacial score (nSPS) is 10.5. The van der Waals surface area contributed by atoms with Gasteiger partial charge in [0.25, 0.3) is 0 Å². The Morgan fingerprint density at radius 2 is 1.87 bits per heavy atom. The van der Waals surface area contributed by atoms with Gasteiger partial charge in [0, 0.05) is 12.1 Å². The number of anilines is 2. The van der Waals surface area contributed by atoms with Gasteiger partial charge < -0.3 is 10.7 Å². The summed E-state index contributed by atoms with van der Waals surface area (Å²) in [6, 6.07) is 2.26. The van der Waals surface area contributed by atoms with E-state index >= 15 is 0 Å². The van der Waals surface area contributed by atoms with Gasteiger partial charge in [-0.1, -0.05) is 13.8 Å². The summed E-state index contributed by atoms with van der Waals surface area (Å²) in [4.78, 5) is 8.42. The van der Waals surface area contributed by atoms with Crippen LogP contribution in [-0.2, 0) is 0 Å². The highest BCUT2D eigenvalue weighted by Crippen LogP contribution is 2.13. The van der Waals surface area contributed by atoms with Crippen LogP contribution in [0.4, 0.5) is 11.6 Å². The Labute approximate surface area is 90.5 Å². The number of nitrogens with zero attached hydrogens (tertiary/aromatic N) is 2. The van der Waals surface area contributed by atoms with Crippen molar-refractivity contribution in [3.63, 3.8) is 0 Å². The average molecular weight is 209 g/mol. The first-order valence-corrected chi connectivity index (χ1v) is 5.28. The molecule has 1 aromatic rings. The van der Waals surface area contributed by atoms with Gasteiger partial charge in [-0.3, -0.25) is 0 Å². The quantitative estimate of drug-likeness (QED) is 0.508. The van der Waals surface area contributed by atoms with E-state index in [1.54, 1.807) is 0 Å². The van der Waals surface area contributed by atoms with Crippen LogP contribution < -0.4 is 16.6 Å². The lowest BCUT2D eigenvalue weighted by atomic mass is 10.2. The van der Waals surface area contributed by atoms with Crippen molar-refractivity contribution >= 4 is 11.6 Å². The Morgan fingerprint density at radius 1 is 1.27 bits per heavy atom. The van der Waals surface area contributed by atoms with Gasteiger partial charge in [0.2, 0.25) is 0 Å². The molecule has 84 valence electrons. The lowest BCUT2D eigenvalue weighted by molar-refractivity contribution is 0.667. The molecule has 0 aliphatic heterocycles. The van der Waals surface area contributed by atoms with E-state index in [0.717, 1.165) is 18.7 Å². The summed E-state index contributed by atoms with van der Waals surface area (Å²) in [6.07, 6.45) is 2.15. The molecule has 0 unspecified atom stereocenters. The summed E-state index contributed by atoms with van der Waals surface area (Å²) in [6.45, 7) is 6.15. The number of hydrogen-bond donors (Lipinski definition) is 3. The molecule has 0 aliphatic carbocycles. The van der Waals surface area contributed by atoms with Crippen LogP contribution >= 0.6 is 0 Å². The van der Waals surface area contributed by atoms with Crippen LogP contribution in [0, 0.1) is 6.92 Å². The molecule has 0 atom stereocenters. The fourth-order valence-electron chi connectivity index (χ4n) is 1.42. The lowest BCUT2D eigenvalue weighted by Crippen LogP contribution is -2.19. The number of nitrogens with one attached hydrogen (secondary N) is 2. The summed E-state index contributed by atoms with van der Waals surface area (Å²) in [5, 5.41) is 3.35. The molecule has 5 nitrogen and oxygen atoms in total. The van der Waals surface area contributed by atoms with Crippen molar-refractivity contribution in [3.8, 4) is 0 Å². The zero-order chi connectivity index (χ0) is 11.3. The van der Waals surface area contributed by atoms with Crippen molar-refractivity contribution in [1.29, 1.82) is 0 Å². The van der Waals surface area contributed by atoms with Crippen molar-refractivity contribution in [1.82, 2.24) is 9.97 Å². The number of hydrogen-bond acceptors (Lipinski definition) is 5. The molecular weight excluding hydrogens is 190 g/mol. The maximum absolute atomic E-state index is 5.32. The van der Waals surface area contributed by atoms with Gasteiger partial charge >= 0.3 is 0 Å². The van der Waals surface area contributed by atoms with E-state index in [1.165, 1.54) is 0 Å². The van der Waals surface area contributed by atoms with Crippen molar-refractivity contribution in [2.75, 3.05) is 10.7 Å². The third-order valence-corrected chi connectivity index (χ3v) is 2.32. The van der Waals surface area contributed by atoms with Gasteiger partial charge in [-0.05, 0) is 19.8 Å². The molecule has 4 N–H and O–H groups in total. The number of nitrogen functional groups attached to an aromatic ring is 1. The van der Waals surface area contributed by atoms with Crippen LogP contribution in [0.3, 0.4) is 0 Å². The Balaban J connectivity index is 2.79. The number of aromatic nitrogens is 2. The van der Waals surface area contributed by atoms with E-state index < -0.39 is 0 Å². The molecule has 1 heterocycles. The second-order valence-corrected chi connectivity index (χ2v) is 3.49. The largest absolute Gasteiger partial charge is 0.367 e. The fourth-order valence-corrected chi connectivity index (χ4v) is 1.42. The van der Waals surface area contributed by atoms with Crippen LogP contribution in [0.25, 0.3) is 0 Å². The number of aryl methyl sites for hydroxylation is 1. The van der Waals surface area contributed by atoms with Gasteiger partial charge in [0.15, 0.2) is 0 Å². The Bertz CT molecular complexity index is 309. The summed E-state index contributed by atoms with van der Waals surface area (Å²) >= 11 is 0. The number of rotatable bonds is 5. The standard InChI is InChI=1S/C10H19N5/c1-4-8(5-2)14-9-6-10(15-11)13-7(3)12-9/h6,8H,4-5,11H2,1-3H3,(H2,12,13,14,15). The summed E-state index contributed by atoms with van der Waals surface area (Å²) in [5.74, 6) is 7.48. The lowest BCUT2D eigenvalue weighted by Gasteiger charge is -2.16. The zero-order valence-corrected chi connectivity index (χ0v) is 9.54. The van der Waals surface area contributed by atoms with Gasteiger partial charge in [-0.15, -0.1) is 0 Å². The highest BCUT2D eigenvalue weighted by atomic mass is 15.3. The molecule has 15 heavy (non-hydrogen) atoms. The van der Waals surface area contributed by atoms with Crippen LogP contribution in [0.15, 0.2) is 6.07 Å². The molecule has 0 aliphatic rings. The highest BCUT2D eigenvalue weighted by Gasteiger charge is 2.05. The van der Waals surface area contributed by atoms with Crippen molar-refractivity contribution in [3.05, 3.63) is 11.9 Å². The molecule has 0 saturated heterocycles. The minimum Gasteiger partial charge on any atom is -0.367 e. The van der Waals surface area contributed by atoms with Crippen molar-refractivity contribution in [2.24, 2.45) is 5.84 Å². The van der Waals surface area contributed by atoms with Gasteiger partial charge in [0.1, 0.15) is 17.5 Å². The minimum absolute atomic E-state index is 0.449. The first kappa shape index (κ1) is 11.7. The predicted octanol–water partition coefficient (Wildman–Crippen LogP) is 1.67. The highest BCUT2D eigenvalue weighted by molar-refractivity contribution is 5.47. The first-order valence-electron chi connectivity index (χ1n) is 5.28. The van der Waals surface area contributed by atoms with Crippen molar-refractivity contribution in [2.45, 2.75) is 39.7 Å². The molecule has 0 fully saturated rings. The van der Waals surface area contributed by atoms with E-state index in [0.29, 0.717) is 17.7 Å². The Kier molecular flexibility index (Phi) is 4.30. The summed E-state index contributed by atoms with van der Waals surface area (Å²) in [5.41, 5.74) is 2.53. The molecule has 0 bridgehead atoms. The average Bonchev–Trinajstić information content (AvgIpc) is 2.25. The third-order valence-electron chi connectivity index (χ3n) is 2.32. The maximum Gasteiger partial charge on any atom is 0.145 e. The maximum atomic E-state index is 5.32. The summed E-state index contributed by atoms with van der Waals surface area (Å²) in [7, 11) is 0. The smallest absolute Gasteiger partial charge is 0.145 e. The molecule has 0 spiro atoms. The molecule has 0 radical (unpaired) electrons. The minimum atomic E-state index is 0.449. The Hall–Kier alpha value is -1.36. The molecule has 0 aromatic carbocycles. The SMILES string of the molecule is CCC(CC)Nc1cc(NN)nc(C)n1. The third kappa shape index (κ3) is 3.36. The van der Waals surface area contributed by atoms with Gasteiger partial charge in [-0.2, -0.15) is 0 Å². The van der Waals surface area contributed by atoms with E-state index in [9.17, 15) is 0 Å². The predicted molar refractivity (Wildman–Crippen MR) is 62.6 cm³/mol. The van der Waals surface area contributed by atoms with E-state index in [2.05, 4.69) is 34.6 Å². The molecular formula is C10H19N5. The molecule has 0 amide bonds. The van der Waals surface area contributed by atoms with Gasteiger partial charge in [0.05, 0.1) is 0 Å². The number of nitrogens with two attached hydrogens (primary N) is 1. The first-order chi connectivity index (χ1) is 7.19. The van der Waals surface area contributed by atoms with Gasteiger partial charge in [-0.25, -0.2) is 15.8 Å². The van der Waals surface area contributed by atoms with Crippen LogP contribution in [0.5, 0.6) is 0 Å². The van der Waals surface area contributed by atoms with E-state index in [4.69, 9.17) is 5.84 Å². The zero-order valence-electron chi connectivity index (χ0n) is 9.54. The monoisotopic (exact) mass is 209 g/mol.